The summed E-state index contributed by atoms with van der Waals surface area (Å²) in [7, 11) is 0. The van der Waals surface area contributed by atoms with Gasteiger partial charge in [-0.15, -0.1) is 0 Å². The highest BCUT2D eigenvalue weighted by molar-refractivity contribution is 5.89. The third kappa shape index (κ3) is 3.62. The number of likely N-dealkylation sites (tertiary alicyclic amines) is 1. The summed E-state index contributed by atoms with van der Waals surface area (Å²) in [6.45, 7) is 3.39. The van der Waals surface area contributed by atoms with Gasteiger partial charge in [-0.25, -0.2) is 4.79 Å². The van der Waals surface area contributed by atoms with E-state index < -0.39 is 0 Å². The molecule has 2 aromatic rings. The molecule has 1 unspecified atom stereocenters. The lowest BCUT2D eigenvalue weighted by Crippen LogP contribution is -2.34. The van der Waals surface area contributed by atoms with Crippen LogP contribution in [-0.4, -0.2) is 29.1 Å². The van der Waals surface area contributed by atoms with E-state index in [9.17, 15) is 4.79 Å². The summed E-state index contributed by atoms with van der Waals surface area (Å²) in [6.07, 6.45) is 5.33. The molecular weight excluding hydrogens is 290 g/mol. The maximum absolute atomic E-state index is 12.5. The fourth-order valence-corrected chi connectivity index (χ4v) is 2.94. The molecule has 1 aliphatic rings. The van der Waals surface area contributed by atoms with E-state index in [2.05, 4.69) is 10.3 Å². The van der Waals surface area contributed by atoms with Crippen LogP contribution in [0, 0.1) is 0 Å². The summed E-state index contributed by atoms with van der Waals surface area (Å²) >= 11 is 0. The molecule has 3 rings (SSSR count). The van der Waals surface area contributed by atoms with E-state index in [1.807, 2.05) is 48.2 Å². The second kappa shape index (κ2) is 7.13. The van der Waals surface area contributed by atoms with Gasteiger partial charge in [0.25, 0.3) is 0 Å². The van der Waals surface area contributed by atoms with Crippen LogP contribution in [-0.2, 0) is 0 Å². The molecule has 0 bridgehead atoms. The number of carbonyl (C=O) groups excluding carboxylic acids is 1. The number of rotatable bonds is 4. The molecule has 120 valence electrons. The molecule has 1 saturated heterocycles. The van der Waals surface area contributed by atoms with Crippen molar-refractivity contribution < 1.29 is 9.53 Å². The maximum Gasteiger partial charge on any atom is 0.322 e. The third-order valence-corrected chi connectivity index (χ3v) is 4.00. The first-order chi connectivity index (χ1) is 11.3. The maximum atomic E-state index is 12.5. The average molecular weight is 311 g/mol. The molecule has 0 aliphatic carbocycles. The second-order valence-electron chi connectivity index (χ2n) is 5.53. The van der Waals surface area contributed by atoms with Crippen LogP contribution < -0.4 is 10.1 Å². The van der Waals surface area contributed by atoms with Gasteiger partial charge in [-0.2, -0.15) is 0 Å². The molecule has 5 heteroatoms. The fourth-order valence-electron chi connectivity index (χ4n) is 2.94. The number of hydrogen-bond donors (Lipinski definition) is 1. The summed E-state index contributed by atoms with van der Waals surface area (Å²) < 4.78 is 5.48. The van der Waals surface area contributed by atoms with Crippen molar-refractivity contribution in [3.63, 3.8) is 0 Å². The van der Waals surface area contributed by atoms with E-state index in [0.717, 1.165) is 36.4 Å². The largest absolute Gasteiger partial charge is 0.494 e. The number of aromatic nitrogens is 1. The number of benzene rings is 1. The summed E-state index contributed by atoms with van der Waals surface area (Å²) in [6, 6.07) is 11.7. The van der Waals surface area contributed by atoms with Gasteiger partial charge in [0.05, 0.1) is 24.5 Å². The molecule has 2 heterocycles. The monoisotopic (exact) mass is 311 g/mol. The van der Waals surface area contributed by atoms with Crippen LogP contribution in [0.2, 0.25) is 0 Å². The van der Waals surface area contributed by atoms with Crippen molar-refractivity contribution in [2.75, 3.05) is 18.5 Å². The fraction of sp³-hybridized carbons (Fsp3) is 0.333. The van der Waals surface area contributed by atoms with Gasteiger partial charge in [0, 0.05) is 12.7 Å². The molecule has 2 amide bonds. The molecule has 1 fully saturated rings. The first-order valence-corrected chi connectivity index (χ1v) is 7.98. The minimum atomic E-state index is -0.0746. The minimum absolute atomic E-state index is 0.0746. The number of amides is 2. The topological polar surface area (TPSA) is 54.5 Å². The van der Waals surface area contributed by atoms with Crippen molar-refractivity contribution in [3.05, 3.63) is 54.4 Å². The Hall–Kier alpha value is -2.56. The van der Waals surface area contributed by atoms with Crippen LogP contribution in [0.4, 0.5) is 10.5 Å². The number of urea groups is 1. The van der Waals surface area contributed by atoms with Crippen LogP contribution in [0.5, 0.6) is 5.75 Å². The number of ether oxygens (including phenoxy) is 1. The van der Waals surface area contributed by atoms with Gasteiger partial charge >= 0.3 is 6.03 Å². The molecule has 1 atom stereocenters. The quantitative estimate of drug-likeness (QED) is 0.933. The van der Waals surface area contributed by atoms with Gasteiger partial charge in [0.15, 0.2) is 0 Å². The molecule has 1 aliphatic heterocycles. The number of pyridine rings is 1. The van der Waals surface area contributed by atoms with E-state index in [-0.39, 0.29) is 12.1 Å². The number of carbonyl (C=O) groups is 1. The van der Waals surface area contributed by atoms with E-state index in [4.69, 9.17) is 4.74 Å². The molecule has 1 N–H and O–H groups in total. The zero-order valence-electron chi connectivity index (χ0n) is 13.2. The van der Waals surface area contributed by atoms with Crippen LogP contribution >= 0.6 is 0 Å². The summed E-state index contributed by atoms with van der Waals surface area (Å²) in [5.74, 6) is 0.862. The Labute approximate surface area is 136 Å². The van der Waals surface area contributed by atoms with Gasteiger partial charge in [-0.1, -0.05) is 12.1 Å². The normalized spacial score (nSPS) is 17.1. The van der Waals surface area contributed by atoms with Crippen LogP contribution in [0.15, 0.2) is 48.8 Å². The Balaban J connectivity index is 1.70. The summed E-state index contributed by atoms with van der Waals surface area (Å²) in [4.78, 5) is 18.4. The van der Waals surface area contributed by atoms with Crippen molar-refractivity contribution in [2.24, 2.45) is 0 Å². The first kappa shape index (κ1) is 15.3. The number of nitrogens with zero attached hydrogens (tertiary/aromatic N) is 2. The lowest BCUT2D eigenvalue weighted by molar-refractivity contribution is 0.207. The van der Waals surface area contributed by atoms with Crippen LogP contribution in [0.25, 0.3) is 0 Å². The number of nitrogens with one attached hydrogen (secondary N) is 1. The first-order valence-electron chi connectivity index (χ1n) is 7.98. The molecule has 0 saturated carbocycles. The Morgan fingerprint density at radius 3 is 2.87 bits per heavy atom. The number of hydrogen-bond acceptors (Lipinski definition) is 3. The van der Waals surface area contributed by atoms with E-state index in [1.54, 1.807) is 12.4 Å². The van der Waals surface area contributed by atoms with Gasteiger partial charge < -0.3 is 15.0 Å². The Morgan fingerprint density at radius 1 is 1.35 bits per heavy atom. The minimum Gasteiger partial charge on any atom is -0.494 e. The zero-order chi connectivity index (χ0) is 16.1. The third-order valence-electron chi connectivity index (χ3n) is 4.00. The lowest BCUT2D eigenvalue weighted by Gasteiger charge is -2.25. The predicted octanol–water partition coefficient (Wildman–Crippen LogP) is 3.85. The van der Waals surface area contributed by atoms with Gasteiger partial charge in [-0.05, 0) is 49.6 Å². The highest BCUT2D eigenvalue weighted by atomic mass is 16.5. The summed E-state index contributed by atoms with van der Waals surface area (Å²) in [5, 5.41) is 2.92. The molecule has 0 radical (unpaired) electrons. The van der Waals surface area contributed by atoms with Gasteiger partial charge in [-0.3, -0.25) is 4.98 Å². The molecule has 0 spiro atoms. The smallest absolute Gasteiger partial charge is 0.322 e. The Kier molecular flexibility index (Phi) is 4.76. The molecule has 1 aromatic heterocycles. The highest BCUT2D eigenvalue weighted by Crippen LogP contribution is 2.33. The molecular formula is C18H21N3O2. The SMILES string of the molecule is CCOc1ccc(C2CCCN2C(=O)Nc2cccnc2)cc1. The molecule has 5 nitrogen and oxygen atoms in total. The molecule has 23 heavy (non-hydrogen) atoms. The average Bonchev–Trinajstić information content (AvgIpc) is 3.06. The van der Waals surface area contributed by atoms with Gasteiger partial charge in [0.1, 0.15) is 5.75 Å². The van der Waals surface area contributed by atoms with Crippen molar-refractivity contribution in [1.82, 2.24) is 9.88 Å². The van der Waals surface area contributed by atoms with Crippen molar-refractivity contribution in [2.45, 2.75) is 25.8 Å². The Morgan fingerprint density at radius 2 is 2.17 bits per heavy atom. The van der Waals surface area contributed by atoms with Crippen LogP contribution in [0.1, 0.15) is 31.4 Å². The second-order valence-corrected chi connectivity index (χ2v) is 5.53. The molecule has 1 aromatic carbocycles. The summed E-state index contributed by atoms with van der Waals surface area (Å²) in [5.41, 5.74) is 1.86. The van der Waals surface area contributed by atoms with Gasteiger partial charge in [0.2, 0.25) is 0 Å². The van der Waals surface area contributed by atoms with Crippen LogP contribution in [0.3, 0.4) is 0 Å². The van der Waals surface area contributed by atoms with E-state index in [1.165, 1.54) is 0 Å². The van der Waals surface area contributed by atoms with Crippen molar-refractivity contribution in [1.29, 1.82) is 0 Å². The number of anilines is 1. The predicted molar refractivity (Wildman–Crippen MR) is 89.5 cm³/mol. The Bertz CT molecular complexity index is 643. The highest BCUT2D eigenvalue weighted by Gasteiger charge is 2.30. The lowest BCUT2D eigenvalue weighted by atomic mass is 10.0. The standard InChI is InChI=1S/C18H21N3O2/c1-2-23-16-9-7-14(8-10-16)17-6-4-12-21(17)18(22)20-15-5-3-11-19-13-15/h3,5,7-11,13,17H,2,4,6,12H2,1H3,(H,20,22). The van der Waals surface area contributed by atoms with E-state index in [0.29, 0.717) is 6.61 Å². The zero-order valence-corrected chi connectivity index (χ0v) is 13.2. The van der Waals surface area contributed by atoms with E-state index >= 15 is 0 Å². The van der Waals surface area contributed by atoms with Crippen molar-refractivity contribution >= 4 is 11.7 Å². The van der Waals surface area contributed by atoms with Crippen molar-refractivity contribution in [3.8, 4) is 5.75 Å².